The van der Waals surface area contributed by atoms with Gasteiger partial charge in [-0.3, -0.25) is 4.79 Å². The second kappa shape index (κ2) is 8.88. The lowest BCUT2D eigenvalue weighted by Crippen LogP contribution is -2.24. The van der Waals surface area contributed by atoms with E-state index < -0.39 is 0 Å². The van der Waals surface area contributed by atoms with Gasteiger partial charge in [0.15, 0.2) is 11.6 Å². The summed E-state index contributed by atoms with van der Waals surface area (Å²) >= 11 is 7.13. The zero-order valence-electron chi connectivity index (χ0n) is 18.1. The fraction of sp³-hybridized carbons (Fsp3) is 0.261. The predicted molar refractivity (Wildman–Crippen MR) is 128 cm³/mol. The Bertz CT molecular complexity index is 1170. The van der Waals surface area contributed by atoms with E-state index in [1.807, 2.05) is 19.2 Å². The van der Waals surface area contributed by atoms with Crippen LogP contribution in [0, 0.1) is 0 Å². The van der Waals surface area contributed by atoms with Crippen LogP contribution >= 0.6 is 23.4 Å². The number of allylic oxidation sites excluding steroid dienone is 2. The molecule has 0 spiro atoms. The van der Waals surface area contributed by atoms with Gasteiger partial charge in [-0.25, -0.2) is 4.68 Å². The summed E-state index contributed by atoms with van der Waals surface area (Å²) in [5, 5.41) is 9.25. The van der Waals surface area contributed by atoms with Gasteiger partial charge >= 0.3 is 0 Å². The number of carbonyl (C=O) groups excluding carboxylic acids is 1. The second-order valence-electron chi connectivity index (χ2n) is 8.00. The largest absolute Gasteiger partial charge is 0.486 e. The van der Waals surface area contributed by atoms with Crippen molar-refractivity contribution in [2.45, 2.75) is 31.0 Å². The van der Waals surface area contributed by atoms with E-state index in [2.05, 4.69) is 41.1 Å². The summed E-state index contributed by atoms with van der Waals surface area (Å²) in [6, 6.07) is 15.2. The van der Waals surface area contributed by atoms with Crippen LogP contribution in [0.1, 0.15) is 25.2 Å². The molecule has 9 heteroatoms. The van der Waals surface area contributed by atoms with Crippen molar-refractivity contribution in [3.63, 3.8) is 0 Å². The fourth-order valence-corrected chi connectivity index (χ4v) is 4.60. The molecule has 0 amide bonds. The summed E-state index contributed by atoms with van der Waals surface area (Å²) in [4.78, 5) is 14.8. The van der Waals surface area contributed by atoms with Crippen molar-refractivity contribution < 1.29 is 9.53 Å². The molecule has 2 aromatic carbocycles. The molecule has 32 heavy (non-hydrogen) atoms. The van der Waals surface area contributed by atoms with Crippen molar-refractivity contribution in [2.75, 3.05) is 23.5 Å². The van der Waals surface area contributed by atoms with E-state index in [4.69, 9.17) is 22.2 Å². The highest BCUT2D eigenvalue weighted by Gasteiger charge is 2.38. The molecule has 7 nitrogen and oxygen atoms in total. The highest BCUT2D eigenvalue weighted by atomic mass is 35.5. The number of benzene rings is 2. The maximum Gasteiger partial charge on any atom is 0.210 e. The van der Waals surface area contributed by atoms with E-state index in [0.717, 1.165) is 11.4 Å². The molecule has 0 fully saturated rings. The van der Waals surface area contributed by atoms with Crippen molar-refractivity contribution in [1.29, 1.82) is 0 Å². The molecular formula is C23H24ClN5O2S. The number of hydrogen-bond acceptors (Lipinski definition) is 7. The highest BCUT2D eigenvalue weighted by Crippen LogP contribution is 2.46. The van der Waals surface area contributed by atoms with Gasteiger partial charge in [-0.2, -0.15) is 0 Å². The quantitative estimate of drug-likeness (QED) is 0.315. The zero-order valence-corrected chi connectivity index (χ0v) is 19.7. The SMILES string of the molecule is CN1/C(=C\C(=O)CSc2nnc(COc3ccc(Cl)cc3)n2N)C(C)(C)c2ccccc21. The molecule has 0 radical (unpaired) electrons. The first-order valence-corrected chi connectivity index (χ1v) is 11.4. The molecule has 0 atom stereocenters. The Kier molecular flexibility index (Phi) is 6.17. The number of nitrogens with two attached hydrogens (primary N) is 1. The number of thioether (sulfide) groups is 1. The number of nitrogens with zero attached hydrogens (tertiary/aromatic N) is 4. The number of halogens is 1. The van der Waals surface area contributed by atoms with E-state index in [1.165, 1.54) is 22.0 Å². The molecule has 0 aliphatic carbocycles. The molecule has 1 aromatic heterocycles. The van der Waals surface area contributed by atoms with Gasteiger partial charge in [0.05, 0.1) is 5.75 Å². The minimum absolute atomic E-state index is 0.0142. The molecule has 4 rings (SSSR count). The molecule has 166 valence electrons. The maximum atomic E-state index is 12.8. The third-order valence-corrected chi connectivity index (χ3v) is 6.72. The van der Waals surface area contributed by atoms with Crippen LogP contribution in [-0.4, -0.2) is 33.5 Å². The molecule has 2 heterocycles. The third-order valence-electron chi connectivity index (χ3n) is 5.50. The van der Waals surface area contributed by atoms with Crippen LogP contribution in [-0.2, 0) is 16.8 Å². The van der Waals surface area contributed by atoms with Gasteiger partial charge in [-0.05, 0) is 35.9 Å². The Morgan fingerprint density at radius 1 is 1.19 bits per heavy atom. The molecule has 1 aliphatic rings. The number of carbonyl (C=O) groups is 1. The van der Waals surface area contributed by atoms with E-state index in [9.17, 15) is 4.79 Å². The first-order chi connectivity index (χ1) is 15.3. The number of aromatic nitrogens is 3. The zero-order chi connectivity index (χ0) is 22.9. The molecule has 1 aliphatic heterocycles. The van der Waals surface area contributed by atoms with E-state index in [0.29, 0.717) is 21.8 Å². The topological polar surface area (TPSA) is 86.3 Å². The minimum Gasteiger partial charge on any atom is -0.486 e. The van der Waals surface area contributed by atoms with Crippen molar-refractivity contribution in [3.05, 3.63) is 76.7 Å². The molecule has 0 saturated heterocycles. The number of ether oxygens (including phenoxy) is 1. The number of rotatable bonds is 7. The number of fused-ring (bicyclic) bond motifs is 1. The van der Waals surface area contributed by atoms with Gasteiger partial charge in [-0.15, -0.1) is 10.2 Å². The van der Waals surface area contributed by atoms with Gasteiger partial charge in [0.1, 0.15) is 12.4 Å². The van der Waals surface area contributed by atoms with Crippen molar-refractivity contribution in [3.8, 4) is 5.75 Å². The summed E-state index contributed by atoms with van der Waals surface area (Å²) in [6.07, 6.45) is 1.72. The van der Waals surface area contributed by atoms with E-state index in [-0.39, 0.29) is 23.6 Å². The van der Waals surface area contributed by atoms with Gasteiger partial charge in [0.25, 0.3) is 0 Å². The van der Waals surface area contributed by atoms with Crippen LogP contribution in [0.25, 0.3) is 0 Å². The van der Waals surface area contributed by atoms with E-state index in [1.54, 1.807) is 30.3 Å². The van der Waals surface area contributed by atoms with Crippen molar-refractivity contribution in [1.82, 2.24) is 14.9 Å². The second-order valence-corrected chi connectivity index (χ2v) is 9.38. The molecular weight excluding hydrogens is 446 g/mol. The molecule has 0 unspecified atom stereocenters. The fourth-order valence-electron chi connectivity index (χ4n) is 3.77. The number of para-hydroxylation sites is 1. The molecule has 0 bridgehead atoms. The lowest BCUT2D eigenvalue weighted by atomic mass is 9.83. The highest BCUT2D eigenvalue weighted by molar-refractivity contribution is 7.99. The molecule has 2 N–H and O–H groups in total. The van der Waals surface area contributed by atoms with Crippen LogP contribution in [0.5, 0.6) is 5.75 Å². The predicted octanol–water partition coefficient (Wildman–Crippen LogP) is 4.20. The smallest absolute Gasteiger partial charge is 0.210 e. The van der Waals surface area contributed by atoms with Gasteiger partial charge in [0, 0.05) is 34.9 Å². The van der Waals surface area contributed by atoms with Gasteiger partial charge in [-0.1, -0.05) is 55.4 Å². The van der Waals surface area contributed by atoms with Gasteiger partial charge in [0.2, 0.25) is 5.16 Å². The minimum atomic E-state index is -0.244. The van der Waals surface area contributed by atoms with E-state index >= 15 is 0 Å². The average molecular weight is 470 g/mol. The van der Waals surface area contributed by atoms with Crippen LogP contribution in [0.15, 0.2) is 65.5 Å². The van der Waals surface area contributed by atoms with Crippen LogP contribution in [0.3, 0.4) is 0 Å². The number of anilines is 1. The average Bonchev–Trinajstić information content (AvgIpc) is 3.22. The first kappa shape index (κ1) is 22.2. The summed E-state index contributed by atoms with van der Waals surface area (Å²) < 4.78 is 7.02. The summed E-state index contributed by atoms with van der Waals surface area (Å²) in [5.74, 6) is 7.40. The summed E-state index contributed by atoms with van der Waals surface area (Å²) in [6.45, 7) is 4.41. The lowest BCUT2D eigenvalue weighted by molar-refractivity contribution is -0.112. The Hall–Kier alpha value is -2.97. The molecule has 3 aromatic rings. The van der Waals surface area contributed by atoms with Gasteiger partial charge < -0.3 is 15.5 Å². The Balaban J connectivity index is 1.39. The summed E-state index contributed by atoms with van der Waals surface area (Å²) in [5.41, 5.74) is 3.05. The van der Waals surface area contributed by atoms with Crippen molar-refractivity contribution >= 4 is 34.8 Å². The standard InChI is InChI=1S/C23H24ClN5O2S/c1-23(2)18-6-4-5-7-19(18)28(3)20(23)12-16(30)14-32-22-27-26-21(29(22)25)13-31-17-10-8-15(24)9-11-17/h4-12H,13-14,25H2,1-3H3/b20-12-. The van der Waals surface area contributed by atoms with Crippen LogP contribution < -0.4 is 15.5 Å². The molecule has 0 saturated carbocycles. The Labute approximate surface area is 196 Å². The lowest BCUT2D eigenvalue weighted by Gasteiger charge is -2.23. The maximum absolute atomic E-state index is 12.8. The normalized spacial score (nSPS) is 15.8. The van der Waals surface area contributed by atoms with Crippen LogP contribution in [0.4, 0.5) is 5.69 Å². The third kappa shape index (κ3) is 4.33. The Morgan fingerprint density at radius 3 is 2.62 bits per heavy atom. The van der Waals surface area contributed by atoms with Crippen molar-refractivity contribution in [2.24, 2.45) is 0 Å². The number of nitrogen functional groups attached to an aromatic ring is 1. The number of ketones is 1. The first-order valence-electron chi connectivity index (χ1n) is 10.1. The van der Waals surface area contributed by atoms with Crippen LogP contribution in [0.2, 0.25) is 5.02 Å². The monoisotopic (exact) mass is 469 g/mol. The number of hydrogen-bond donors (Lipinski definition) is 1. The number of likely N-dealkylation sites (N-methyl/N-ethyl adjacent to an activating group) is 1. The Morgan fingerprint density at radius 2 is 1.91 bits per heavy atom. The summed E-state index contributed by atoms with van der Waals surface area (Å²) in [7, 11) is 1.99.